The summed E-state index contributed by atoms with van der Waals surface area (Å²) in [5, 5.41) is 0. The first-order valence-electron chi connectivity index (χ1n) is 4.18. The predicted octanol–water partition coefficient (Wildman–Crippen LogP) is 2.11. The molecule has 3 heteroatoms. The summed E-state index contributed by atoms with van der Waals surface area (Å²) in [7, 11) is 0. The zero-order chi connectivity index (χ0) is 8.69. The summed E-state index contributed by atoms with van der Waals surface area (Å²) < 4.78 is 0. The van der Waals surface area contributed by atoms with Crippen LogP contribution in [0.15, 0.2) is 0 Å². The van der Waals surface area contributed by atoms with Gasteiger partial charge in [0.25, 0.3) is 0 Å². The summed E-state index contributed by atoms with van der Waals surface area (Å²) >= 11 is 0. The molecule has 0 aliphatic rings. The van der Waals surface area contributed by atoms with E-state index in [0.29, 0.717) is 6.42 Å². The molecule has 0 aromatic carbocycles. The molecule has 0 rings (SSSR count). The van der Waals surface area contributed by atoms with Gasteiger partial charge >= 0.3 is 0 Å². The molecule has 0 fully saturated rings. The molecule has 0 unspecified atom stereocenters. The van der Waals surface area contributed by atoms with Gasteiger partial charge in [0, 0.05) is 26.8 Å². The Morgan fingerprint density at radius 3 is 2.17 bits per heavy atom. The summed E-state index contributed by atoms with van der Waals surface area (Å²) in [6.07, 6.45) is 3.84. The van der Waals surface area contributed by atoms with Crippen molar-refractivity contribution in [2.24, 2.45) is 0 Å². The van der Waals surface area contributed by atoms with Gasteiger partial charge in [-0.2, -0.15) is 0 Å². The maximum atomic E-state index is 10.9. The average Bonchev–Trinajstić information content (AvgIpc) is 1.86. The molecule has 0 aromatic heterocycles. The smallest absolute Gasteiger partial charge is 0.140 e. The zero-order valence-electron chi connectivity index (χ0n) is 7.67. The number of carbonyl (C=O) groups excluding carboxylic acids is 2. The van der Waals surface area contributed by atoms with Crippen molar-refractivity contribution in [1.82, 2.24) is 0 Å². The van der Waals surface area contributed by atoms with Gasteiger partial charge in [0.2, 0.25) is 0 Å². The Hall–Kier alpha value is 0.00234. The number of carbonyl (C=O) groups is 2. The van der Waals surface area contributed by atoms with E-state index in [9.17, 15) is 9.59 Å². The Kier molecular flexibility index (Phi) is 11.0. The topological polar surface area (TPSA) is 34.1 Å². The Balaban J connectivity index is 0. The van der Waals surface area contributed by atoms with Crippen LogP contribution in [0.25, 0.3) is 0 Å². The molecule has 0 aliphatic heterocycles. The van der Waals surface area contributed by atoms with Crippen LogP contribution in [0.5, 0.6) is 0 Å². The third-order valence-corrected chi connectivity index (χ3v) is 1.51. The van der Waals surface area contributed by atoms with E-state index in [2.05, 4.69) is 6.92 Å². The Labute approximate surface area is 87.8 Å². The Morgan fingerprint density at radius 2 is 1.75 bits per heavy atom. The van der Waals surface area contributed by atoms with Crippen molar-refractivity contribution in [3.8, 4) is 0 Å². The molecule has 0 N–H and O–H groups in total. The standard InChI is InChI=1S/C9H16O2.Pd/c1-3-4-5-6-9(11)7-8(2)10;/h3-7H2,1-2H3;. The molecule has 74 valence electrons. The Bertz CT molecular complexity index is 143. The van der Waals surface area contributed by atoms with Crippen LogP contribution in [-0.2, 0) is 30.0 Å². The van der Waals surface area contributed by atoms with Gasteiger partial charge in [-0.15, -0.1) is 0 Å². The summed E-state index contributed by atoms with van der Waals surface area (Å²) in [6.45, 7) is 3.55. The van der Waals surface area contributed by atoms with Crippen LogP contribution in [0.2, 0.25) is 0 Å². The van der Waals surface area contributed by atoms with Crippen LogP contribution in [-0.4, -0.2) is 11.6 Å². The fourth-order valence-electron chi connectivity index (χ4n) is 0.938. The molecule has 0 radical (unpaired) electrons. The fourth-order valence-corrected chi connectivity index (χ4v) is 0.938. The molecule has 0 bridgehead atoms. The van der Waals surface area contributed by atoms with Crippen LogP contribution < -0.4 is 0 Å². The maximum absolute atomic E-state index is 10.9. The first-order valence-corrected chi connectivity index (χ1v) is 4.18. The first-order chi connectivity index (χ1) is 5.16. The third-order valence-electron chi connectivity index (χ3n) is 1.51. The van der Waals surface area contributed by atoms with Gasteiger partial charge in [0.15, 0.2) is 0 Å². The van der Waals surface area contributed by atoms with Crippen molar-refractivity contribution in [2.45, 2.75) is 46.0 Å². The minimum atomic E-state index is -0.0218. The van der Waals surface area contributed by atoms with E-state index in [4.69, 9.17) is 0 Å². The van der Waals surface area contributed by atoms with Gasteiger partial charge in [-0.25, -0.2) is 0 Å². The second-order valence-corrected chi connectivity index (χ2v) is 2.87. The second-order valence-electron chi connectivity index (χ2n) is 2.87. The van der Waals surface area contributed by atoms with Gasteiger partial charge < -0.3 is 0 Å². The maximum Gasteiger partial charge on any atom is 0.140 e. The van der Waals surface area contributed by atoms with Crippen LogP contribution in [0.4, 0.5) is 0 Å². The van der Waals surface area contributed by atoms with E-state index in [1.165, 1.54) is 6.92 Å². The molecule has 0 aliphatic carbocycles. The number of Topliss-reactive ketones (excluding diaryl/α,β-unsaturated/α-hetero) is 2. The largest absolute Gasteiger partial charge is 0.300 e. The molecule has 0 aromatic rings. The normalized spacial score (nSPS) is 8.83. The second kappa shape index (κ2) is 9.09. The molecule has 0 spiro atoms. The van der Waals surface area contributed by atoms with Crippen molar-refractivity contribution < 1.29 is 30.0 Å². The van der Waals surface area contributed by atoms with E-state index in [-0.39, 0.29) is 38.4 Å². The minimum Gasteiger partial charge on any atom is -0.300 e. The van der Waals surface area contributed by atoms with E-state index in [0.717, 1.165) is 19.3 Å². The summed E-state index contributed by atoms with van der Waals surface area (Å²) in [4.78, 5) is 21.4. The number of hydrogen-bond donors (Lipinski definition) is 0. The van der Waals surface area contributed by atoms with Gasteiger partial charge in [-0.05, 0) is 13.3 Å². The summed E-state index contributed by atoms with van der Waals surface area (Å²) in [6, 6.07) is 0. The molecule has 0 saturated carbocycles. The van der Waals surface area contributed by atoms with Crippen LogP contribution in [0.1, 0.15) is 46.0 Å². The molecule has 0 heterocycles. The average molecular weight is 263 g/mol. The summed E-state index contributed by atoms with van der Waals surface area (Å²) in [5.74, 6) is 0.0671. The van der Waals surface area contributed by atoms with Gasteiger partial charge in [0.05, 0.1) is 6.42 Å². The van der Waals surface area contributed by atoms with E-state index < -0.39 is 0 Å². The van der Waals surface area contributed by atoms with Crippen LogP contribution in [0.3, 0.4) is 0 Å². The van der Waals surface area contributed by atoms with E-state index >= 15 is 0 Å². The first kappa shape index (κ1) is 14.5. The number of hydrogen-bond acceptors (Lipinski definition) is 2. The molecular weight excluding hydrogens is 247 g/mol. The van der Waals surface area contributed by atoms with Crippen LogP contribution in [0, 0.1) is 0 Å². The number of unbranched alkanes of at least 4 members (excludes halogenated alkanes) is 2. The molecule has 12 heavy (non-hydrogen) atoms. The fraction of sp³-hybridized carbons (Fsp3) is 0.778. The van der Waals surface area contributed by atoms with Gasteiger partial charge in [-0.1, -0.05) is 19.8 Å². The van der Waals surface area contributed by atoms with Crippen molar-refractivity contribution >= 4 is 11.6 Å². The zero-order valence-corrected chi connectivity index (χ0v) is 9.22. The summed E-state index contributed by atoms with van der Waals surface area (Å²) in [5.41, 5.74) is 0. The minimum absolute atomic E-state index is 0. The van der Waals surface area contributed by atoms with Crippen molar-refractivity contribution in [2.75, 3.05) is 0 Å². The predicted molar refractivity (Wildman–Crippen MR) is 44.4 cm³/mol. The van der Waals surface area contributed by atoms with Gasteiger partial charge in [-0.3, -0.25) is 9.59 Å². The quantitative estimate of drug-likeness (QED) is 0.417. The molecule has 0 amide bonds. The van der Waals surface area contributed by atoms with Crippen molar-refractivity contribution in [1.29, 1.82) is 0 Å². The molecule has 0 atom stereocenters. The van der Waals surface area contributed by atoms with E-state index in [1.807, 2.05) is 0 Å². The molecule has 0 saturated heterocycles. The van der Waals surface area contributed by atoms with Crippen LogP contribution >= 0.6 is 0 Å². The number of ketones is 2. The SMILES string of the molecule is CCCCCC(=O)CC(C)=O.[Pd]. The molecular formula is C9H16O2Pd. The van der Waals surface area contributed by atoms with E-state index in [1.54, 1.807) is 0 Å². The van der Waals surface area contributed by atoms with Gasteiger partial charge in [0.1, 0.15) is 11.6 Å². The molecule has 2 nitrogen and oxygen atoms in total. The van der Waals surface area contributed by atoms with Crippen molar-refractivity contribution in [3.05, 3.63) is 0 Å². The monoisotopic (exact) mass is 262 g/mol. The Morgan fingerprint density at radius 1 is 1.17 bits per heavy atom. The number of rotatable bonds is 6. The van der Waals surface area contributed by atoms with Crippen molar-refractivity contribution in [3.63, 3.8) is 0 Å². The third kappa shape index (κ3) is 10.0.